The van der Waals surface area contributed by atoms with Gasteiger partial charge in [0.05, 0.1) is 0 Å². The second kappa shape index (κ2) is 6.88. The van der Waals surface area contributed by atoms with Crippen molar-refractivity contribution in [3.8, 4) is 0 Å². The largest absolute Gasteiger partial charge is 0.315 e. The van der Waals surface area contributed by atoms with Gasteiger partial charge in [-0.1, -0.05) is 20.8 Å². The normalized spacial score (nSPS) is 24.7. The standard InChI is InChI=1S/C15H31N3/c1-4-7-16-12-15(13(2)3)18-10-8-17(9-11-18)14-5-6-14/h13-16H,4-12H2,1-3H3. The van der Waals surface area contributed by atoms with Crippen molar-refractivity contribution in [2.24, 2.45) is 5.92 Å². The molecule has 1 heterocycles. The quantitative estimate of drug-likeness (QED) is 0.698. The monoisotopic (exact) mass is 253 g/mol. The molecular formula is C15H31N3. The minimum Gasteiger partial charge on any atom is -0.315 e. The third-order valence-corrected chi connectivity index (χ3v) is 4.43. The first-order valence-corrected chi connectivity index (χ1v) is 7.91. The van der Waals surface area contributed by atoms with Crippen LogP contribution in [0.4, 0.5) is 0 Å². The Morgan fingerprint density at radius 3 is 2.28 bits per heavy atom. The highest BCUT2D eigenvalue weighted by atomic mass is 15.3. The number of nitrogens with zero attached hydrogens (tertiary/aromatic N) is 2. The van der Waals surface area contributed by atoms with Gasteiger partial charge in [0.15, 0.2) is 0 Å². The zero-order chi connectivity index (χ0) is 13.0. The molecule has 2 rings (SSSR count). The average molecular weight is 253 g/mol. The van der Waals surface area contributed by atoms with Crippen molar-refractivity contribution in [2.75, 3.05) is 39.3 Å². The molecule has 2 fully saturated rings. The molecule has 1 saturated heterocycles. The molecule has 1 aliphatic heterocycles. The molecule has 1 saturated carbocycles. The molecule has 0 radical (unpaired) electrons. The highest BCUT2D eigenvalue weighted by Gasteiger charge is 2.33. The van der Waals surface area contributed by atoms with Gasteiger partial charge in [-0.2, -0.15) is 0 Å². The fourth-order valence-corrected chi connectivity index (χ4v) is 3.09. The lowest BCUT2D eigenvalue weighted by atomic mass is 10.0. The summed E-state index contributed by atoms with van der Waals surface area (Å²) in [6, 6.07) is 1.67. The van der Waals surface area contributed by atoms with Gasteiger partial charge >= 0.3 is 0 Å². The maximum Gasteiger partial charge on any atom is 0.0244 e. The second-order valence-corrected chi connectivity index (χ2v) is 6.32. The zero-order valence-corrected chi connectivity index (χ0v) is 12.5. The van der Waals surface area contributed by atoms with Crippen LogP contribution in [-0.4, -0.2) is 61.2 Å². The highest BCUT2D eigenvalue weighted by molar-refractivity contribution is 4.89. The molecule has 1 N–H and O–H groups in total. The van der Waals surface area contributed by atoms with Gasteiger partial charge in [-0.3, -0.25) is 9.80 Å². The first-order chi connectivity index (χ1) is 8.72. The van der Waals surface area contributed by atoms with Crippen LogP contribution in [0.5, 0.6) is 0 Å². The molecule has 0 aromatic carbocycles. The molecule has 18 heavy (non-hydrogen) atoms. The minimum absolute atomic E-state index is 0.720. The van der Waals surface area contributed by atoms with Crippen LogP contribution in [0.2, 0.25) is 0 Å². The topological polar surface area (TPSA) is 18.5 Å². The van der Waals surface area contributed by atoms with Crippen molar-refractivity contribution in [1.82, 2.24) is 15.1 Å². The molecule has 0 aromatic rings. The van der Waals surface area contributed by atoms with Gasteiger partial charge in [0.2, 0.25) is 0 Å². The molecule has 1 aliphatic carbocycles. The fourth-order valence-electron chi connectivity index (χ4n) is 3.09. The van der Waals surface area contributed by atoms with E-state index in [0.29, 0.717) is 0 Å². The van der Waals surface area contributed by atoms with Crippen LogP contribution in [0.25, 0.3) is 0 Å². The molecule has 2 aliphatic rings. The van der Waals surface area contributed by atoms with E-state index in [2.05, 4.69) is 35.9 Å². The van der Waals surface area contributed by atoms with Crippen molar-refractivity contribution < 1.29 is 0 Å². The van der Waals surface area contributed by atoms with Crippen LogP contribution in [-0.2, 0) is 0 Å². The van der Waals surface area contributed by atoms with Gasteiger partial charge in [-0.25, -0.2) is 0 Å². The maximum absolute atomic E-state index is 3.60. The molecule has 3 heteroatoms. The van der Waals surface area contributed by atoms with Crippen molar-refractivity contribution in [3.63, 3.8) is 0 Å². The van der Waals surface area contributed by atoms with Crippen LogP contribution in [0.15, 0.2) is 0 Å². The summed E-state index contributed by atoms with van der Waals surface area (Å²) in [5, 5.41) is 3.60. The fraction of sp³-hybridized carbons (Fsp3) is 1.00. The van der Waals surface area contributed by atoms with Crippen LogP contribution >= 0.6 is 0 Å². The molecule has 0 bridgehead atoms. The zero-order valence-electron chi connectivity index (χ0n) is 12.5. The summed E-state index contributed by atoms with van der Waals surface area (Å²) >= 11 is 0. The summed E-state index contributed by atoms with van der Waals surface area (Å²) in [5.41, 5.74) is 0. The van der Waals surface area contributed by atoms with Gasteiger partial charge in [-0.05, 0) is 31.7 Å². The lowest BCUT2D eigenvalue weighted by molar-refractivity contribution is 0.0721. The summed E-state index contributed by atoms with van der Waals surface area (Å²) in [4.78, 5) is 5.42. The van der Waals surface area contributed by atoms with Crippen LogP contribution in [0, 0.1) is 5.92 Å². The van der Waals surface area contributed by atoms with Gasteiger partial charge in [-0.15, -0.1) is 0 Å². The first-order valence-electron chi connectivity index (χ1n) is 7.91. The first kappa shape index (κ1) is 14.3. The van der Waals surface area contributed by atoms with E-state index in [9.17, 15) is 0 Å². The third kappa shape index (κ3) is 3.94. The number of piperazine rings is 1. The van der Waals surface area contributed by atoms with Crippen molar-refractivity contribution in [1.29, 1.82) is 0 Å². The maximum atomic E-state index is 3.60. The summed E-state index contributed by atoms with van der Waals surface area (Å²) in [6.45, 7) is 14.4. The Bertz CT molecular complexity index is 230. The number of hydrogen-bond acceptors (Lipinski definition) is 3. The molecular weight excluding hydrogens is 222 g/mol. The van der Waals surface area contributed by atoms with E-state index in [-0.39, 0.29) is 0 Å². The molecule has 106 valence electrons. The van der Waals surface area contributed by atoms with E-state index in [1.807, 2.05) is 0 Å². The molecule has 3 nitrogen and oxygen atoms in total. The van der Waals surface area contributed by atoms with Crippen molar-refractivity contribution in [2.45, 2.75) is 52.1 Å². The van der Waals surface area contributed by atoms with E-state index in [1.165, 1.54) is 45.4 Å². The van der Waals surface area contributed by atoms with Gasteiger partial charge < -0.3 is 5.32 Å². The lowest BCUT2D eigenvalue weighted by Crippen LogP contribution is -2.54. The minimum atomic E-state index is 0.720. The predicted octanol–water partition coefficient (Wildman–Crippen LogP) is 1.79. The van der Waals surface area contributed by atoms with E-state index in [4.69, 9.17) is 0 Å². The Morgan fingerprint density at radius 2 is 1.78 bits per heavy atom. The highest BCUT2D eigenvalue weighted by Crippen LogP contribution is 2.28. The van der Waals surface area contributed by atoms with Crippen LogP contribution in [0.3, 0.4) is 0 Å². The Morgan fingerprint density at radius 1 is 1.11 bits per heavy atom. The smallest absolute Gasteiger partial charge is 0.0244 e. The lowest BCUT2D eigenvalue weighted by Gasteiger charge is -2.41. The summed E-state index contributed by atoms with van der Waals surface area (Å²) in [6.07, 6.45) is 4.14. The third-order valence-electron chi connectivity index (χ3n) is 4.43. The SMILES string of the molecule is CCCNCC(C(C)C)N1CCN(C2CC2)CC1. The summed E-state index contributed by atoms with van der Waals surface area (Å²) in [7, 11) is 0. The molecule has 0 aromatic heterocycles. The van der Waals surface area contributed by atoms with Gasteiger partial charge in [0.1, 0.15) is 0 Å². The Labute approximate surface area is 113 Å². The summed E-state index contributed by atoms with van der Waals surface area (Å²) < 4.78 is 0. The second-order valence-electron chi connectivity index (χ2n) is 6.32. The summed E-state index contributed by atoms with van der Waals surface area (Å²) in [5.74, 6) is 0.752. The van der Waals surface area contributed by atoms with Gasteiger partial charge in [0, 0.05) is 44.8 Å². The van der Waals surface area contributed by atoms with Gasteiger partial charge in [0.25, 0.3) is 0 Å². The number of rotatable bonds is 7. The Kier molecular flexibility index (Phi) is 5.46. The van der Waals surface area contributed by atoms with E-state index in [0.717, 1.165) is 31.1 Å². The predicted molar refractivity (Wildman–Crippen MR) is 78.0 cm³/mol. The average Bonchev–Trinajstić information content (AvgIpc) is 3.19. The Balaban J connectivity index is 1.75. The molecule has 1 unspecified atom stereocenters. The number of nitrogens with one attached hydrogen (secondary N) is 1. The van der Waals surface area contributed by atoms with Crippen LogP contribution in [0.1, 0.15) is 40.0 Å². The molecule has 0 amide bonds. The Hall–Kier alpha value is -0.120. The van der Waals surface area contributed by atoms with Crippen LogP contribution < -0.4 is 5.32 Å². The van der Waals surface area contributed by atoms with Crippen molar-refractivity contribution >= 4 is 0 Å². The van der Waals surface area contributed by atoms with E-state index < -0.39 is 0 Å². The number of hydrogen-bond donors (Lipinski definition) is 1. The van der Waals surface area contributed by atoms with E-state index in [1.54, 1.807) is 0 Å². The molecule has 1 atom stereocenters. The van der Waals surface area contributed by atoms with Crippen molar-refractivity contribution in [3.05, 3.63) is 0 Å². The molecule has 0 spiro atoms. The van der Waals surface area contributed by atoms with E-state index >= 15 is 0 Å².